The molecule has 1 amide bonds. The van der Waals surface area contributed by atoms with Crippen LogP contribution in [0.25, 0.3) is 5.69 Å². The van der Waals surface area contributed by atoms with Gasteiger partial charge in [0.1, 0.15) is 0 Å². The van der Waals surface area contributed by atoms with Crippen LogP contribution in [0.3, 0.4) is 0 Å². The van der Waals surface area contributed by atoms with Crippen LogP contribution in [0.5, 0.6) is 11.5 Å². The number of amides is 1. The molecule has 3 aromatic rings. The third kappa shape index (κ3) is 4.04. The molecular formula is C22H21N3O4S. The summed E-state index contributed by atoms with van der Waals surface area (Å²) in [6.07, 6.45) is 3.60. The number of carbonyl (C=O) groups excluding carboxylic acids is 2. The van der Waals surface area contributed by atoms with Crippen molar-refractivity contribution in [2.45, 2.75) is 25.9 Å². The second kappa shape index (κ2) is 8.23. The topological polar surface area (TPSA) is 82.5 Å². The maximum atomic E-state index is 12.6. The molecule has 0 spiro atoms. The molecule has 0 bridgehead atoms. The van der Waals surface area contributed by atoms with E-state index < -0.39 is 0 Å². The summed E-state index contributed by atoms with van der Waals surface area (Å²) in [6.45, 7) is 5.63. The lowest BCUT2D eigenvalue weighted by Gasteiger charge is -2.12. The van der Waals surface area contributed by atoms with Gasteiger partial charge in [-0.15, -0.1) is 0 Å². The molecule has 2 aromatic carbocycles. The molecule has 0 fully saturated rings. The summed E-state index contributed by atoms with van der Waals surface area (Å²) in [5.41, 5.74) is 4.10. The van der Waals surface area contributed by atoms with Gasteiger partial charge in [-0.25, -0.2) is 4.98 Å². The van der Waals surface area contributed by atoms with Crippen molar-refractivity contribution in [1.29, 1.82) is 0 Å². The Kier molecular flexibility index (Phi) is 5.50. The van der Waals surface area contributed by atoms with Crippen molar-refractivity contribution in [3.63, 3.8) is 0 Å². The van der Waals surface area contributed by atoms with E-state index in [1.54, 1.807) is 18.3 Å². The number of hydrogen-bond acceptors (Lipinski definition) is 6. The van der Waals surface area contributed by atoms with Crippen LogP contribution in [0.2, 0.25) is 0 Å². The normalized spacial score (nSPS) is 12.1. The molecule has 2 heterocycles. The first-order valence-corrected chi connectivity index (χ1v) is 10.4. The van der Waals surface area contributed by atoms with Crippen LogP contribution in [0, 0.1) is 13.8 Å². The van der Waals surface area contributed by atoms with Crippen molar-refractivity contribution < 1.29 is 19.1 Å². The van der Waals surface area contributed by atoms with Gasteiger partial charge >= 0.3 is 0 Å². The Morgan fingerprint density at radius 2 is 1.93 bits per heavy atom. The zero-order valence-corrected chi connectivity index (χ0v) is 17.7. The van der Waals surface area contributed by atoms with Crippen LogP contribution in [0.1, 0.15) is 28.4 Å². The Morgan fingerprint density at radius 3 is 2.70 bits per heavy atom. The Labute approximate surface area is 178 Å². The minimum Gasteiger partial charge on any atom is -0.454 e. The monoisotopic (exact) mass is 423 g/mol. The lowest BCUT2D eigenvalue weighted by Crippen LogP contribution is -2.16. The highest BCUT2D eigenvalue weighted by Gasteiger charge is 2.20. The fraction of sp³-hybridized carbons (Fsp3) is 0.227. The average Bonchev–Trinajstić information content (AvgIpc) is 3.36. The number of anilines is 1. The van der Waals surface area contributed by atoms with Gasteiger partial charge in [0, 0.05) is 24.0 Å². The molecule has 7 nitrogen and oxygen atoms in total. The number of ketones is 1. The fourth-order valence-electron chi connectivity index (χ4n) is 3.21. The van der Waals surface area contributed by atoms with E-state index >= 15 is 0 Å². The number of nitrogens with zero attached hydrogens (tertiary/aromatic N) is 2. The molecule has 4 rings (SSSR count). The van der Waals surface area contributed by atoms with E-state index in [2.05, 4.69) is 28.5 Å². The zero-order valence-electron chi connectivity index (χ0n) is 16.9. The van der Waals surface area contributed by atoms with Crippen molar-refractivity contribution >= 4 is 29.1 Å². The summed E-state index contributed by atoms with van der Waals surface area (Å²) in [5, 5.41) is 3.53. The van der Waals surface area contributed by atoms with Gasteiger partial charge in [0.05, 0.1) is 17.1 Å². The summed E-state index contributed by atoms with van der Waals surface area (Å²) in [5.74, 6) is 0.753. The molecular weight excluding hydrogens is 402 g/mol. The molecule has 1 aromatic heterocycles. The first kappa shape index (κ1) is 20.0. The van der Waals surface area contributed by atoms with Gasteiger partial charge in [0.2, 0.25) is 12.7 Å². The summed E-state index contributed by atoms with van der Waals surface area (Å²) in [7, 11) is 0. The van der Waals surface area contributed by atoms with Crippen LogP contribution in [-0.2, 0) is 4.79 Å². The van der Waals surface area contributed by atoms with Crippen molar-refractivity contribution in [1.82, 2.24) is 9.55 Å². The van der Waals surface area contributed by atoms with Crippen molar-refractivity contribution in [3.05, 3.63) is 59.4 Å². The lowest BCUT2D eigenvalue weighted by molar-refractivity contribution is -0.113. The molecule has 1 N–H and O–H groups in total. The van der Waals surface area contributed by atoms with Gasteiger partial charge in [0.25, 0.3) is 0 Å². The predicted molar refractivity (Wildman–Crippen MR) is 115 cm³/mol. The quantitative estimate of drug-likeness (QED) is 0.474. The largest absolute Gasteiger partial charge is 0.454 e. The Hall–Kier alpha value is -3.26. The van der Waals surface area contributed by atoms with E-state index in [1.807, 2.05) is 24.6 Å². The fourth-order valence-corrected chi connectivity index (χ4v) is 3.98. The standard InChI is InChI=1S/C22H21N3O4S/c1-13-4-5-14(2)18(8-13)25-7-6-23-22(25)30-11-21(27)24-17-10-20-19(28-12-29-20)9-16(17)15(3)26/h4-10H,11-12H2,1-3H3,(H,24,27). The first-order chi connectivity index (χ1) is 14.4. The van der Waals surface area contributed by atoms with Gasteiger partial charge in [-0.1, -0.05) is 23.9 Å². The molecule has 0 radical (unpaired) electrons. The number of ether oxygens (including phenoxy) is 2. The number of nitrogens with one attached hydrogen (secondary N) is 1. The number of aryl methyl sites for hydroxylation is 2. The number of aromatic nitrogens is 2. The number of rotatable bonds is 6. The third-order valence-electron chi connectivity index (χ3n) is 4.73. The minimum absolute atomic E-state index is 0.0982. The van der Waals surface area contributed by atoms with E-state index in [0.717, 1.165) is 22.0 Å². The van der Waals surface area contributed by atoms with Crippen LogP contribution < -0.4 is 14.8 Å². The molecule has 1 aliphatic rings. The summed E-state index contributed by atoms with van der Waals surface area (Å²) < 4.78 is 12.6. The van der Waals surface area contributed by atoms with E-state index in [9.17, 15) is 9.59 Å². The number of Topliss-reactive ketones (excluding diaryl/α,β-unsaturated/α-hetero) is 1. The number of thioether (sulfide) groups is 1. The smallest absolute Gasteiger partial charge is 0.234 e. The highest BCUT2D eigenvalue weighted by molar-refractivity contribution is 7.99. The van der Waals surface area contributed by atoms with Crippen molar-refractivity contribution in [3.8, 4) is 17.2 Å². The number of hydrogen-bond donors (Lipinski definition) is 1. The van der Waals surface area contributed by atoms with Gasteiger partial charge in [-0.3, -0.25) is 14.2 Å². The molecule has 30 heavy (non-hydrogen) atoms. The second-order valence-corrected chi connectivity index (χ2v) is 7.96. The number of imidazole rings is 1. The van der Waals surface area contributed by atoms with Gasteiger partial charge < -0.3 is 14.8 Å². The highest BCUT2D eigenvalue weighted by Crippen LogP contribution is 2.37. The number of carbonyl (C=O) groups is 2. The Balaban J connectivity index is 1.49. The summed E-state index contributed by atoms with van der Waals surface area (Å²) >= 11 is 1.33. The molecule has 0 unspecified atom stereocenters. The maximum Gasteiger partial charge on any atom is 0.234 e. The summed E-state index contributed by atoms with van der Waals surface area (Å²) in [4.78, 5) is 29.0. The predicted octanol–water partition coefficient (Wildman–Crippen LogP) is 4.15. The van der Waals surface area contributed by atoms with Crippen LogP contribution in [0.4, 0.5) is 5.69 Å². The van der Waals surface area contributed by atoms with Gasteiger partial charge in [-0.05, 0) is 44.0 Å². The molecule has 0 aliphatic carbocycles. The van der Waals surface area contributed by atoms with E-state index in [4.69, 9.17) is 9.47 Å². The number of benzene rings is 2. The van der Waals surface area contributed by atoms with E-state index in [-0.39, 0.29) is 24.2 Å². The third-order valence-corrected chi connectivity index (χ3v) is 5.70. The highest BCUT2D eigenvalue weighted by atomic mass is 32.2. The number of fused-ring (bicyclic) bond motifs is 1. The van der Waals surface area contributed by atoms with Crippen LogP contribution in [0.15, 0.2) is 47.9 Å². The zero-order chi connectivity index (χ0) is 21.3. The van der Waals surface area contributed by atoms with E-state index in [0.29, 0.717) is 22.7 Å². The maximum absolute atomic E-state index is 12.6. The van der Waals surface area contributed by atoms with Crippen molar-refractivity contribution in [2.75, 3.05) is 17.9 Å². The lowest BCUT2D eigenvalue weighted by atomic mass is 10.1. The first-order valence-electron chi connectivity index (χ1n) is 9.40. The Bertz CT molecular complexity index is 1140. The second-order valence-electron chi connectivity index (χ2n) is 7.01. The SMILES string of the molecule is CC(=O)c1cc2c(cc1NC(=O)CSc1nccn1-c1cc(C)ccc1C)OCO2. The van der Waals surface area contributed by atoms with Gasteiger partial charge in [0.15, 0.2) is 22.4 Å². The molecule has 154 valence electrons. The minimum atomic E-state index is -0.239. The molecule has 8 heteroatoms. The molecule has 1 aliphatic heterocycles. The van der Waals surface area contributed by atoms with E-state index in [1.165, 1.54) is 18.7 Å². The van der Waals surface area contributed by atoms with Crippen LogP contribution in [-0.4, -0.2) is 33.8 Å². The average molecular weight is 423 g/mol. The molecule has 0 saturated heterocycles. The van der Waals surface area contributed by atoms with Crippen molar-refractivity contribution in [2.24, 2.45) is 0 Å². The Morgan fingerprint density at radius 1 is 1.17 bits per heavy atom. The van der Waals surface area contributed by atoms with Crippen LogP contribution >= 0.6 is 11.8 Å². The summed E-state index contributed by atoms with van der Waals surface area (Å²) in [6, 6.07) is 9.44. The van der Waals surface area contributed by atoms with Gasteiger partial charge in [-0.2, -0.15) is 0 Å². The molecule has 0 atom stereocenters. The molecule has 0 saturated carbocycles.